The number of halogens is 1. The molecule has 1 aromatic rings. The zero-order valence-corrected chi connectivity index (χ0v) is 13.5. The number of benzene rings is 1. The summed E-state index contributed by atoms with van der Waals surface area (Å²) in [5.74, 6) is 0.568. The monoisotopic (exact) mass is 295 g/mol. The number of hydrogen-bond acceptors (Lipinski definition) is 2. The lowest BCUT2D eigenvalue weighted by molar-refractivity contribution is -0.0243. The first-order valence-electron chi connectivity index (χ1n) is 7.56. The van der Waals surface area contributed by atoms with E-state index in [0.717, 1.165) is 30.8 Å². The molecule has 112 valence electrons. The van der Waals surface area contributed by atoms with Gasteiger partial charge in [-0.2, -0.15) is 0 Å². The summed E-state index contributed by atoms with van der Waals surface area (Å²) in [5, 5.41) is 4.18. The quantitative estimate of drug-likeness (QED) is 0.854. The van der Waals surface area contributed by atoms with Crippen LogP contribution in [0.25, 0.3) is 0 Å². The van der Waals surface area contributed by atoms with Crippen LogP contribution >= 0.6 is 11.6 Å². The second-order valence-electron chi connectivity index (χ2n) is 6.49. The van der Waals surface area contributed by atoms with Crippen LogP contribution in [0.5, 0.6) is 0 Å². The van der Waals surface area contributed by atoms with Crippen molar-refractivity contribution in [2.75, 3.05) is 13.6 Å². The minimum atomic E-state index is 0.0548. The molecule has 0 amide bonds. The van der Waals surface area contributed by atoms with Gasteiger partial charge in [-0.15, -0.1) is 0 Å². The second-order valence-corrected chi connectivity index (χ2v) is 6.90. The van der Waals surface area contributed by atoms with E-state index < -0.39 is 0 Å². The Morgan fingerprint density at radius 3 is 2.75 bits per heavy atom. The van der Waals surface area contributed by atoms with Gasteiger partial charge in [0.2, 0.25) is 0 Å². The molecule has 0 spiro atoms. The van der Waals surface area contributed by atoms with Crippen molar-refractivity contribution < 1.29 is 4.74 Å². The van der Waals surface area contributed by atoms with Gasteiger partial charge in [-0.3, -0.25) is 0 Å². The molecule has 20 heavy (non-hydrogen) atoms. The minimum absolute atomic E-state index is 0.0548. The molecule has 1 saturated heterocycles. The summed E-state index contributed by atoms with van der Waals surface area (Å²) in [6.07, 6.45) is 4.85. The largest absolute Gasteiger partial charge is 0.372 e. The van der Waals surface area contributed by atoms with Crippen molar-refractivity contribution >= 4 is 11.6 Å². The highest BCUT2D eigenvalue weighted by molar-refractivity contribution is 6.31. The van der Waals surface area contributed by atoms with Crippen LogP contribution in [0.2, 0.25) is 5.02 Å². The molecule has 1 aliphatic heterocycles. The maximum absolute atomic E-state index is 6.28. The topological polar surface area (TPSA) is 21.3 Å². The van der Waals surface area contributed by atoms with E-state index in [9.17, 15) is 0 Å². The molecule has 2 atom stereocenters. The Morgan fingerprint density at radius 1 is 1.40 bits per heavy atom. The van der Waals surface area contributed by atoms with Gasteiger partial charge < -0.3 is 10.1 Å². The van der Waals surface area contributed by atoms with Crippen molar-refractivity contribution in [2.24, 2.45) is 5.92 Å². The van der Waals surface area contributed by atoms with Gasteiger partial charge in [0.15, 0.2) is 0 Å². The Kier molecular flexibility index (Phi) is 5.48. The fourth-order valence-corrected chi connectivity index (χ4v) is 3.33. The van der Waals surface area contributed by atoms with Gasteiger partial charge in [-0.05, 0) is 70.7 Å². The number of hydrogen-bond donors (Lipinski definition) is 1. The van der Waals surface area contributed by atoms with E-state index in [1.165, 1.54) is 12.0 Å². The third-order valence-corrected chi connectivity index (χ3v) is 4.48. The van der Waals surface area contributed by atoms with Crippen molar-refractivity contribution in [2.45, 2.75) is 51.2 Å². The highest BCUT2D eigenvalue weighted by Crippen LogP contribution is 2.33. The fraction of sp³-hybridized carbons (Fsp3) is 0.647. The molecule has 1 N–H and O–H groups in total. The summed E-state index contributed by atoms with van der Waals surface area (Å²) in [6, 6.07) is 8.15. The summed E-state index contributed by atoms with van der Waals surface area (Å²) >= 11 is 6.28. The Bertz CT molecular complexity index is 433. The predicted molar refractivity (Wildman–Crippen MR) is 85.4 cm³/mol. The maximum atomic E-state index is 6.28. The van der Waals surface area contributed by atoms with E-state index in [-0.39, 0.29) is 5.60 Å². The van der Waals surface area contributed by atoms with Crippen molar-refractivity contribution in [1.82, 2.24) is 5.32 Å². The number of rotatable bonds is 6. The van der Waals surface area contributed by atoms with Crippen LogP contribution in [0.1, 0.15) is 38.7 Å². The van der Waals surface area contributed by atoms with Crippen LogP contribution in [0.15, 0.2) is 24.3 Å². The Hall–Kier alpha value is -0.570. The number of ether oxygens (including phenoxy) is 1. The van der Waals surface area contributed by atoms with Gasteiger partial charge in [0.05, 0.1) is 11.7 Å². The molecular weight excluding hydrogens is 270 g/mol. The first-order chi connectivity index (χ1) is 9.50. The third-order valence-electron chi connectivity index (χ3n) is 4.11. The minimum Gasteiger partial charge on any atom is -0.372 e. The Labute approximate surface area is 127 Å². The molecule has 1 aromatic carbocycles. The molecule has 2 rings (SSSR count). The summed E-state index contributed by atoms with van der Waals surface area (Å²) in [7, 11) is 2.01. The molecule has 2 unspecified atom stereocenters. The van der Waals surface area contributed by atoms with E-state index in [2.05, 4.69) is 31.3 Å². The van der Waals surface area contributed by atoms with Crippen LogP contribution in [-0.4, -0.2) is 25.3 Å². The van der Waals surface area contributed by atoms with Gasteiger partial charge in [0, 0.05) is 5.02 Å². The van der Waals surface area contributed by atoms with Crippen LogP contribution in [0, 0.1) is 5.92 Å². The molecule has 0 bridgehead atoms. The van der Waals surface area contributed by atoms with Crippen molar-refractivity contribution in [1.29, 1.82) is 0 Å². The zero-order valence-electron chi connectivity index (χ0n) is 12.8. The fourth-order valence-electron chi connectivity index (χ4n) is 3.12. The highest BCUT2D eigenvalue weighted by Gasteiger charge is 2.32. The van der Waals surface area contributed by atoms with Crippen molar-refractivity contribution in [3.8, 4) is 0 Å². The van der Waals surface area contributed by atoms with E-state index >= 15 is 0 Å². The molecule has 1 fully saturated rings. The third kappa shape index (κ3) is 4.47. The highest BCUT2D eigenvalue weighted by atomic mass is 35.5. The molecule has 2 nitrogen and oxygen atoms in total. The standard InChI is InChI=1S/C17H26ClNO/c1-17(2)9-8-15(20-17)11-13(12-19-3)10-14-6-4-5-7-16(14)18/h4-7,13,15,19H,8-12H2,1-3H3. The Balaban J connectivity index is 1.96. The van der Waals surface area contributed by atoms with E-state index in [1.54, 1.807) is 0 Å². The molecule has 0 saturated carbocycles. The molecule has 1 heterocycles. The molecule has 0 aromatic heterocycles. The summed E-state index contributed by atoms with van der Waals surface area (Å²) in [5.41, 5.74) is 1.30. The average Bonchev–Trinajstić information content (AvgIpc) is 2.72. The maximum Gasteiger partial charge on any atom is 0.0631 e. The molecule has 3 heteroatoms. The Morgan fingerprint density at radius 2 is 2.15 bits per heavy atom. The van der Waals surface area contributed by atoms with Crippen LogP contribution in [-0.2, 0) is 11.2 Å². The van der Waals surface area contributed by atoms with E-state index in [1.807, 2.05) is 19.2 Å². The van der Waals surface area contributed by atoms with Gasteiger partial charge in [0.25, 0.3) is 0 Å². The summed E-state index contributed by atoms with van der Waals surface area (Å²) < 4.78 is 6.13. The summed E-state index contributed by atoms with van der Waals surface area (Å²) in [4.78, 5) is 0. The molecule has 0 radical (unpaired) electrons. The van der Waals surface area contributed by atoms with Gasteiger partial charge in [-0.25, -0.2) is 0 Å². The molecular formula is C17H26ClNO. The SMILES string of the molecule is CNCC(Cc1ccccc1Cl)CC1CCC(C)(C)O1. The van der Waals surface area contributed by atoms with E-state index in [4.69, 9.17) is 16.3 Å². The predicted octanol–water partition coefficient (Wildman–Crippen LogP) is 4.07. The van der Waals surface area contributed by atoms with Crippen LogP contribution in [0.4, 0.5) is 0 Å². The first kappa shape index (κ1) is 15.8. The zero-order chi connectivity index (χ0) is 14.6. The average molecular weight is 296 g/mol. The lowest BCUT2D eigenvalue weighted by atomic mass is 9.92. The van der Waals surface area contributed by atoms with E-state index in [0.29, 0.717) is 12.0 Å². The van der Waals surface area contributed by atoms with Crippen LogP contribution in [0.3, 0.4) is 0 Å². The van der Waals surface area contributed by atoms with Crippen molar-refractivity contribution in [3.63, 3.8) is 0 Å². The van der Waals surface area contributed by atoms with Gasteiger partial charge >= 0.3 is 0 Å². The lowest BCUT2D eigenvalue weighted by Gasteiger charge is -2.23. The lowest BCUT2D eigenvalue weighted by Crippen LogP contribution is -2.27. The normalized spacial score (nSPS) is 22.9. The number of nitrogens with one attached hydrogen (secondary N) is 1. The summed E-state index contributed by atoms with van der Waals surface area (Å²) in [6.45, 7) is 5.38. The first-order valence-corrected chi connectivity index (χ1v) is 7.94. The van der Waals surface area contributed by atoms with Crippen LogP contribution < -0.4 is 5.32 Å². The molecule has 0 aliphatic carbocycles. The van der Waals surface area contributed by atoms with Crippen molar-refractivity contribution in [3.05, 3.63) is 34.9 Å². The molecule has 1 aliphatic rings. The van der Waals surface area contributed by atoms with Gasteiger partial charge in [-0.1, -0.05) is 29.8 Å². The smallest absolute Gasteiger partial charge is 0.0631 e. The van der Waals surface area contributed by atoms with Gasteiger partial charge in [0.1, 0.15) is 0 Å². The second kappa shape index (κ2) is 6.93.